The standard InChI is InChI=1S/C15H15N5O2/c1-10-4-3-5-14-17-11(9-20(10)14)8-16-13-7-6-12(18-19-13)15(21)22-2/h3-7,9H,8H2,1-2H3,(H,16,19). The maximum atomic E-state index is 11.3. The van der Waals surface area contributed by atoms with Crippen LogP contribution in [0, 0.1) is 6.92 Å². The Bertz CT molecular complexity index is 810. The SMILES string of the molecule is COC(=O)c1ccc(NCc2cn3c(C)cccc3n2)nn1. The molecule has 3 aromatic heterocycles. The van der Waals surface area contributed by atoms with Crippen LogP contribution in [0.3, 0.4) is 0 Å². The van der Waals surface area contributed by atoms with Gasteiger partial charge in [0.25, 0.3) is 0 Å². The highest BCUT2D eigenvalue weighted by molar-refractivity contribution is 5.86. The molecule has 3 heterocycles. The Morgan fingerprint density at radius 3 is 2.82 bits per heavy atom. The summed E-state index contributed by atoms with van der Waals surface area (Å²) in [5.41, 5.74) is 3.10. The number of carbonyl (C=O) groups excluding carboxylic acids is 1. The lowest BCUT2D eigenvalue weighted by atomic mass is 10.4. The molecule has 0 bridgehead atoms. The van der Waals surface area contributed by atoms with Crippen LogP contribution in [0.15, 0.2) is 36.5 Å². The van der Waals surface area contributed by atoms with E-state index in [0.717, 1.165) is 17.0 Å². The Balaban J connectivity index is 1.71. The summed E-state index contributed by atoms with van der Waals surface area (Å²) in [5.74, 6) is 0.0660. The molecule has 3 rings (SSSR count). The predicted molar refractivity (Wildman–Crippen MR) is 80.6 cm³/mol. The number of aryl methyl sites for hydroxylation is 1. The van der Waals surface area contributed by atoms with E-state index in [-0.39, 0.29) is 5.69 Å². The molecular formula is C15H15N5O2. The van der Waals surface area contributed by atoms with Crippen molar-refractivity contribution in [2.24, 2.45) is 0 Å². The summed E-state index contributed by atoms with van der Waals surface area (Å²) in [5, 5.41) is 10.9. The molecule has 3 aromatic rings. The summed E-state index contributed by atoms with van der Waals surface area (Å²) in [4.78, 5) is 15.8. The highest BCUT2D eigenvalue weighted by Crippen LogP contribution is 2.10. The zero-order chi connectivity index (χ0) is 15.5. The van der Waals surface area contributed by atoms with Gasteiger partial charge in [0, 0.05) is 11.9 Å². The van der Waals surface area contributed by atoms with E-state index in [2.05, 4.69) is 25.2 Å². The molecular weight excluding hydrogens is 282 g/mol. The largest absolute Gasteiger partial charge is 0.464 e. The molecule has 112 valence electrons. The van der Waals surface area contributed by atoms with Crippen LogP contribution >= 0.6 is 0 Å². The van der Waals surface area contributed by atoms with E-state index in [1.807, 2.05) is 35.7 Å². The Labute approximate surface area is 127 Å². The molecule has 7 nitrogen and oxygen atoms in total. The first-order chi connectivity index (χ1) is 10.7. The van der Waals surface area contributed by atoms with Gasteiger partial charge in [-0.05, 0) is 31.2 Å². The van der Waals surface area contributed by atoms with Gasteiger partial charge in [-0.3, -0.25) is 0 Å². The lowest BCUT2D eigenvalue weighted by molar-refractivity contribution is 0.0593. The summed E-state index contributed by atoms with van der Waals surface area (Å²) < 4.78 is 6.61. The number of nitrogens with one attached hydrogen (secondary N) is 1. The Kier molecular flexibility index (Phi) is 3.69. The number of nitrogens with zero attached hydrogens (tertiary/aromatic N) is 4. The number of carbonyl (C=O) groups is 1. The summed E-state index contributed by atoms with van der Waals surface area (Å²) in [6.07, 6.45) is 1.98. The van der Waals surface area contributed by atoms with Gasteiger partial charge in [0.05, 0.1) is 19.3 Å². The number of hydrogen-bond donors (Lipinski definition) is 1. The average Bonchev–Trinajstić information content (AvgIpc) is 2.97. The number of anilines is 1. The molecule has 0 aliphatic heterocycles. The van der Waals surface area contributed by atoms with E-state index in [9.17, 15) is 4.79 Å². The van der Waals surface area contributed by atoms with Crippen molar-refractivity contribution in [2.75, 3.05) is 12.4 Å². The van der Waals surface area contributed by atoms with Crippen LogP contribution in [0.25, 0.3) is 5.65 Å². The van der Waals surface area contributed by atoms with Gasteiger partial charge in [-0.25, -0.2) is 9.78 Å². The zero-order valence-electron chi connectivity index (χ0n) is 12.3. The van der Waals surface area contributed by atoms with Crippen LogP contribution in [0.4, 0.5) is 5.82 Å². The molecule has 0 radical (unpaired) electrons. The summed E-state index contributed by atoms with van der Waals surface area (Å²) in [6, 6.07) is 9.21. The molecule has 0 aliphatic rings. The Morgan fingerprint density at radius 1 is 1.27 bits per heavy atom. The molecule has 22 heavy (non-hydrogen) atoms. The fraction of sp³-hybridized carbons (Fsp3) is 0.200. The number of fused-ring (bicyclic) bond motifs is 1. The highest BCUT2D eigenvalue weighted by atomic mass is 16.5. The number of esters is 1. The lowest BCUT2D eigenvalue weighted by Gasteiger charge is -2.03. The van der Waals surface area contributed by atoms with Crippen molar-refractivity contribution >= 4 is 17.4 Å². The van der Waals surface area contributed by atoms with E-state index in [0.29, 0.717) is 12.4 Å². The van der Waals surface area contributed by atoms with E-state index < -0.39 is 5.97 Å². The number of methoxy groups -OCH3 is 1. The van der Waals surface area contributed by atoms with E-state index in [1.54, 1.807) is 12.1 Å². The van der Waals surface area contributed by atoms with Gasteiger partial charge in [0.15, 0.2) is 5.69 Å². The predicted octanol–water partition coefficient (Wildman–Crippen LogP) is 1.83. The summed E-state index contributed by atoms with van der Waals surface area (Å²) in [7, 11) is 1.31. The van der Waals surface area contributed by atoms with Crippen LogP contribution in [-0.4, -0.2) is 32.7 Å². The Hall–Kier alpha value is -2.96. The van der Waals surface area contributed by atoms with Crippen LogP contribution in [0.2, 0.25) is 0 Å². The van der Waals surface area contributed by atoms with E-state index in [4.69, 9.17) is 0 Å². The minimum absolute atomic E-state index is 0.177. The first kappa shape index (κ1) is 14.0. The quantitative estimate of drug-likeness (QED) is 0.740. The van der Waals surface area contributed by atoms with Crippen LogP contribution in [0.1, 0.15) is 21.9 Å². The van der Waals surface area contributed by atoms with Crippen molar-refractivity contribution in [3.05, 3.63) is 53.6 Å². The second kappa shape index (κ2) is 5.80. The van der Waals surface area contributed by atoms with Crippen LogP contribution in [-0.2, 0) is 11.3 Å². The van der Waals surface area contributed by atoms with Crippen molar-refractivity contribution in [3.63, 3.8) is 0 Å². The third kappa shape index (κ3) is 2.73. The topological polar surface area (TPSA) is 81.4 Å². The molecule has 0 unspecified atom stereocenters. The van der Waals surface area contributed by atoms with Crippen LogP contribution < -0.4 is 5.32 Å². The minimum Gasteiger partial charge on any atom is -0.464 e. The van der Waals surface area contributed by atoms with Crippen molar-refractivity contribution in [2.45, 2.75) is 13.5 Å². The van der Waals surface area contributed by atoms with Gasteiger partial charge in [0.2, 0.25) is 0 Å². The highest BCUT2D eigenvalue weighted by Gasteiger charge is 2.08. The van der Waals surface area contributed by atoms with Crippen molar-refractivity contribution in [1.82, 2.24) is 19.6 Å². The molecule has 0 saturated carbocycles. The number of ether oxygens (including phenoxy) is 1. The first-order valence-electron chi connectivity index (χ1n) is 6.77. The molecule has 1 N–H and O–H groups in total. The number of hydrogen-bond acceptors (Lipinski definition) is 6. The fourth-order valence-electron chi connectivity index (χ4n) is 2.11. The minimum atomic E-state index is -0.505. The molecule has 0 spiro atoms. The smallest absolute Gasteiger partial charge is 0.358 e. The van der Waals surface area contributed by atoms with Gasteiger partial charge < -0.3 is 14.5 Å². The number of aromatic nitrogens is 4. The molecule has 0 aromatic carbocycles. The molecule has 0 aliphatic carbocycles. The summed E-state index contributed by atoms with van der Waals surface area (Å²) >= 11 is 0. The third-order valence-electron chi connectivity index (χ3n) is 3.26. The zero-order valence-corrected chi connectivity index (χ0v) is 12.3. The Morgan fingerprint density at radius 2 is 2.14 bits per heavy atom. The van der Waals surface area contributed by atoms with E-state index in [1.165, 1.54) is 7.11 Å². The first-order valence-corrected chi connectivity index (χ1v) is 6.77. The second-order valence-electron chi connectivity index (χ2n) is 4.78. The monoisotopic (exact) mass is 297 g/mol. The average molecular weight is 297 g/mol. The number of pyridine rings is 1. The third-order valence-corrected chi connectivity index (χ3v) is 3.26. The summed E-state index contributed by atoms with van der Waals surface area (Å²) in [6.45, 7) is 2.55. The molecule has 7 heteroatoms. The van der Waals surface area contributed by atoms with Gasteiger partial charge in [-0.2, -0.15) is 0 Å². The van der Waals surface area contributed by atoms with E-state index >= 15 is 0 Å². The van der Waals surface area contributed by atoms with Gasteiger partial charge in [-0.1, -0.05) is 6.07 Å². The molecule has 0 saturated heterocycles. The molecule has 0 atom stereocenters. The van der Waals surface area contributed by atoms with Gasteiger partial charge in [-0.15, -0.1) is 10.2 Å². The van der Waals surface area contributed by atoms with Gasteiger partial charge >= 0.3 is 5.97 Å². The fourth-order valence-corrected chi connectivity index (χ4v) is 2.11. The normalized spacial score (nSPS) is 10.6. The maximum Gasteiger partial charge on any atom is 0.358 e. The maximum absolute atomic E-state index is 11.3. The molecule has 0 fully saturated rings. The van der Waals surface area contributed by atoms with Crippen molar-refractivity contribution < 1.29 is 9.53 Å². The number of imidazole rings is 1. The van der Waals surface area contributed by atoms with Crippen LogP contribution in [0.5, 0.6) is 0 Å². The number of rotatable bonds is 4. The molecule has 0 amide bonds. The van der Waals surface area contributed by atoms with Crippen molar-refractivity contribution in [1.29, 1.82) is 0 Å². The lowest BCUT2D eigenvalue weighted by Crippen LogP contribution is -2.08. The second-order valence-corrected chi connectivity index (χ2v) is 4.78. The van der Waals surface area contributed by atoms with Gasteiger partial charge in [0.1, 0.15) is 11.5 Å². The van der Waals surface area contributed by atoms with Crippen molar-refractivity contribution in [3.8, 4) is 0 Å².